The third-order valence-electron chi connectivity index (χ3n) is 4.64. The number of aromatic nitrogens is 2. The number of benzene rings is 2. The molecule has 0 aliphatic heterocycles. The molecule has 0 aliphatic carbocycles. The number of esters is 1. The average molecular weight is 408 g/mol. The zero-order chi connectivity index (χ0) is 20.4. The van der Waals surface area contributed by atoms with Crippen LogP contribution in [0.15, 0.2) is 60.8 Å². The molecule has 2 aromatic heterocycles. The van der Waals surface area contributed by atoms with Gasteiger partial charge in [-0.15, -0.1) is 0 Å². The molecule has 0 unspecified atom stereocenters. The van der Waals surface area contributed by atoms with Gasteiger partial charge < -0.3 is 14.6 Å². The molecule has 7 heteroatoms. The summed E-state index contributed by atoms with van der Waals surface area (Å²) in [4.78, 5) is 28.1. The first-order valence-electron chi connectivity index (χ1n) is 9.16. The number of aryl methyl sites for hydroxylation is 1. The van der Waals surface area contributed by atoms with Gasteiger partial charge in [0.15, 0.2) is 6.61 Å². The van der Waals surface area contributed by atoms with Crippen molar-refractivity contribution in [1.29, 1.82) is 0 Å². The van der Waals surface area contributed by atoms with E-state index in [9.17, 15) is 9.59 Å². The van der Waals surface area contributed by atoms with E-state index >= 15 is 0 Å². The summed E-state index contributed by atoms with van der Waals surface area (Å²) in [5.41, 5.74) is 2.94. The van der Waals surface area contributed by atoms with Crippen molar-refractivity contribution in [2.24, 2.45) is 0 Å². The van der Waals surface area contributed by atoms with Gasteiger partial charge in [-0.2, -0.15) is 0 Å². The quantitative estimate of drug-likeness (QED) is 0.488. The number of anilines is 1. The second-order valence-electron chi connectivity index (χ2n) is 6.48. The number of carbonyl (C=O) groups is 2. The predicted octanol–water partition coefficient (Wildman–Crippen LogP) is 4.66. The van der Waals surface area contributed by atoms with Crippen LogP contribution in [0.3, 0.4) is 0 Å². The highest BCUT2D eigenvalue weighted by atomic mass is 35.5. The Kier molecular flexibility index (Phi) is 5.18. The lowest BCUT2D eigenvalue weighted by Crippen LogP contribution is -2.21. The number of hydrogen-bond acceptors (Lipinski definition) is 4. The summed E-state index contributed by atoms with van der Waals surface area (Å²) >= 11 is 5.83. The summed E-state index contributed by atoms with van der Waals surface area (Å²) < 4.78 is 7.25. The van der Waals surface area contributed by atoms with Crippen LogP contribution < -0.4 is 5.32 Å². The lowest BCUT2D eigenvalue weighted by Gasteiger charge is -2.07. The molecule has 0 bridgehead atoms. The summed E-state index contributed by atoms with van der Waals surface area (Å²) in [5, 5.41) is 5.32. The van der Waals surface area contributed by atoms with Gasteiger partial charge in [-0.25, -0.2) is 9.78 Å². The number of fused-ring (bicyclic) bond motifs is 3. The van der Waals surface area contributed by atoms with Gasteiger partial charge in [0.2, 0.25) is 0 Å². The van der Waals surface area contributed by atoms with E-state index in [1.54, 1.807) is 6.07 Å². The van der Waals surface area contributed by atoms with Crippen molar-refractivity contribution in [3.8, 4) is 0 Å². The Hall–Kier alpha value is -3.38. The fourth-order valence-electron chi connectivity index (χ4n) is 3.39. The molecule has 4 aromatic rings. The number of nitrogens with zero attached hydrogens (tertiary/aromatic N) is 2. The highest BCUT2D eigenvalue weighted by Gasteiger charge is 2.14. The summed E-state index contributed by atoms with van der Waals surface area (Å²) in [6.07, 6.45) is 1.40. The Bertz CT molecular complexity index is 1230. The number of ether oxygens (including phenoxy) is 1. The van der Waals surface area contributed by atoms with Crippen molar-refractivity contribution >= 4 is 51.0 Å². The van der Waals surface area contributed by atoms with Gasteiger partial charge >= 0.3 is 5.97 Å². The van der Waals surface area contributed by atoms with Crippen molar-refractivity contribution in [2.75, 3.05) is 11.9 Å². The van der Waals surface area contributed by atoms with Crippen molar-refractivity contribution in [1.82, 2.24) is 9.55 Å². The molecule has 0 aliphatic rings. The molecule has 0 fully saturated rings. The first-order chi connectivity index (χ1) is 14.1. The average Bonchev–Trinajstić information content (AvgIpc) is 3.05. The van der Waals surface area contributed by atoms with Crippen LogP contribution in [-0.4, -0.2) is 28.0 Å². The zero-order valence-corrected chi connectivity index (χ0v) is 16.4. The van der Waals surface area contributed by atoms with Crippen LogP contribution in [0.1, 0.15) is 17.4 Å². The van der Waals surface area contributed by atoms with Gasteiger partial charge in [0, 0.05) is 45.3 Å². The molecule has 4 rings (SSSR count). The maximum absolute atomic E-state index is 12.2. The number of halogens is 1. The second-order valence-corrected chi connectivity index (χ2v) is 6.91. The largest absolute Gasteiger partial charge is 0.451 e. The third-order valence-corrected chi connectivity index (χ3v) is 4.87. The van der Waals surface area contributed by atoms with Gasteiger partial charge in [0.25, 0.3) is 5.91 Å². The molecule has 1 amide bonds. The van der Waals surface area contributed by atoms with Gasteiger partial charge in [0.05, 0.1) is 0 Å². The summed E-state index contributed by atoms with van der Waals surface area (Å²) in [6, 6.07) is 16.9. The van der Waals surface area contributed by atoms with Crippen molar-refractivity contribution in [2.45, 2.75) is 13.5 Å². The first kappa shape index (κ1) is 19.0. The Labute approximate surface area is 172 Å². The number of para-hydroxylation sites is 1. The summed E-state index contributed by atoms with van der Waals surface area (Å²) in [6.45, 7) is 2.54. The molecule has 2 heterocycles. The molecule has 146 valence electrons. The monoisotopic (exact) mass is 407 g/mol. The lowest BCUT2D eigenvalue weighted by molar-refractivity contribution is -0.119. The normalized spacial score (nSPS) is 11.0. The van der Waals surface area contributed by atoms with E-state index in [1.807, 2.05) is 30.3 Å². The molecule has 0 atom stereocenters. The predicted molar refractivity (Wildman–Crippen MR) is 113 cm³/mol. The molecular formula is C22H18ClN3O3. The van der Waals surface area contributed by atoms with Gasteiger partial charge in [0.1, 0.15) is 5.69 Å². The molecule has 0 spiro atoms. The minimum absolute atomic E-state index is 0.0547. The Morgan fingerprint density at radius 2 is 1.86 bits per heavy atom. The minimum Gasteiger partial charge on any atom is -0.451 e. The summed E-state index contributed by atoms with van der Waals surface area (Å²) in [7, 11) is 0. The van der Waals surface area contributed by atoms with Crippen LogP contribution in [0.4, 0.5) is 5.69 Å². The Morgan fingerprint density at radius 1 is 1.07 bits per heavy atom. The third kappa shape index (κ3) is 3.79. The highest BCUT2D eigenvalue weighted by molar-refractivity contribution is 6.30. The van der Waals surface area contributed by atoms with Crippen LogP contribution in [0, 0.1) is 0 Å². The fraction of sp³-hybridized carbons (Fsp3) is 0.136. The molecule has 29 heavy (non-hydrogen) atoms. The highest BCUT2D eigenvalue weighted by Crippen LogP contribution is 2.30. The van der Waals surface area contributed by atoms with Gasteiger partial charge in [-0.1, -0.05) is 29.8 Å². The number of hydrogen-bond donors (Lipinski definition) is 1. The van der Waals surface area contributed by atoms with E-state index in [4.69, 9.17) is 16.3 Å². The van der Waals surface area contributed by atoms with Crippen molar-refractivity contribution in [3.63, 3.8) is 0 Å². The SMILES string of the molecule is CCn1c2ccccc2c2cc(NC(=O)COC(=O)c3cc(Cl)ccn3)ccc21. The van der Waals surface area contributed by atoms with E-state index in [1.165, 1.54) is 12.3 Å². The first-order valence-corrected chi connectivity index (χ1v) is 9.54. The minimum atomic E-state index is -0.705. The topological polar surface area (TPSA) is 73.2 Å². The molecule has 0 saturated heterocycles. The molecule has 0 radical (unpaired) electrons. The molecule has 6 nitrogen and oxygen atoms in total. The number of rotatable bonds is 5. The van der Waals surface area contributed by atoms with Crippen LogP contribution in [0.5, 0.6) is 0 Å². The number of amides is 1. The van der Waals surface area contributed by atoms with E-state index in [2.05, 4.69) is 33.9 Å². The smallest absolute Gasteiger partial charge is 0.357 e. The molecule has 1 N–H and O–H groups in total. The van der Waals surface area contributed by atoms with E-state index in [0.29, 0.717) is 10.7 Å². The maximum atomic E-state index is 12.2. The van der Waals surface area contributed by atoms with E-state index in [-0.39, 0.29) is 5.69 Å². The molecular weight excluding hydrogens is 390 g/mol. The van der Waals surface area contributed by atoms with Crippen LogP contribution in [0.2, 0.25) is 5.02 Å². The van der Waals surface area contributed by atoms with E-state index < -0.39 is 18.5 Å². The number of pyridine rings is 1. The zero-order valence-electron chi connectivity index (χ0n) is 15.7. The van der Waals surface area contributed by atoms with Gasteiger partial charge in [-0.05, 0) is 43.3 Å². The second kappa shape index (κ2) is 7.93. The van der Waals surface area contributed by atoms with Crippen molar-refractivity contribution in [3.05, 3.63) is 71.5 Å². The molecule has 2 aromatic carbocycles. The van der Waals surface area contributed by atoms with E-state index in [0.717, 1.165) is 28.4 Å². The number of nitrogens with one attached hydrogen (secondary N) is 1. The van der Waals surface area contributed by atoms with Crippen molar-refractivity contribution < 1.29 is 14.3 Å². The summed E-state index contributed by atoms with van der Waals surface area (Å²) in [5.74, 6) is -1.14. The fourth-order valence-corrected chi connectivity index (χ4v) is 3.55. The van der Waals surface area contributed by atoms with Crippen LogP contribution in [-0.2, 0) is 16.1 Å². The standard InChI is InChI=1S/C22H18ClN3O3/c1-2-26-19-6-4-3-5-16(19)17-12-15(7-8-20(17)26)25-21(27)13-29-22(28)18-11-14(23)9-10-24-18/h3-12H,2,13H2,1H3,(H,25,27). The van der Waals surface area contributed by atoms with Crippen LogP contribution >= 0.6 is 11.6 Å². The lowest BCUT2D eigenvalue weighted by atomic mass is 10.1. The Balaban J connectivity index is 1.50. The van der Waals surface area contributed by atoms with Crippen LogP contribution in [0.25, 0.3) is 21.8 Å². The molecule has 0 saturated carbocycles. The Morgan fingerprint density at radius 3 is 2.66 bits per heavy atom. The van der Waals surface area contributed by atoms with Gasteiger partial charge in [-0.3, -0.25) is 4.79 Å². The maximum Gasteiger partial charge on any atom is 0.357 e. The number of carbonyl (C=O) groups excluding carboxylic acids is 2.